The molecule has 3 aliphatic rings. The summed E-state index contributed by atoms with van der Waals surface area (Å²) < 4.78 is 24.9. The summed E-state index contributed by atoms with van der Waals surface area (Å²) in [4.78, 5) is 15.5. The summed E-state index contributed by atoms with van der Waals surface area (Å²) in [6.07, 6.45) is 1.40. The number of likely N-dealkylation sites (tertiary alicyclic amines) is 1. The zero-order valence-corrected chi connectivity index (χ0v) is 18.6. The van der Waals surface area contributed by atoms with Crippen molar-refractivity contribution >= 4 is 5.91 Å². The number of piperidine rings is 1. The minimum atomic E-state index is -0.501. The van der Waals surface area contributed by atoms with Gasteiger partial charge in [-0.2, -0.15) is 0 Å². The van der Waals surface area contributed by atoms with Crippen LogP contribution in [0, 0.1) is 6.92 Å². The fourth-order valence-corrected chi connectivity index (χ4v) is 5.01. The second kappa shape index (κ2) is 7.93. The van der Waals surface area contributed by atoms with E-state index < -0.39 is 5.79 Å². The molecule has 0 unspecified atom stereocenters. The predicted molar refractivity (Wildman–Crippen MR) is 122 cm³/mol. The van der Waals surface area contributed by atoms with E-state index in [-0.39, 0.29) is 12.7 Å². The molecule has 7 nitrogen and oxygen atoms in total. The molecule has 1 amide bonds. The Morgan fingerprint density at radius 2 is 1.64 bits per heavy atom. The lowest BCUT2D eigenvalue weighted by molar-refractivity contribution is -0.181. The van der Waals surface area contributed by atoms with E-state index in [0.717, 1.165) is 28.4 Å². The van der Waals surface area contributed by atoms with Crippen molar-refractivity contribution in [2.24, 2.45) is 0 Å². The van der Waals surface area contributed by atoms with E-state index in [4.69, 9.17) is 18.9 Å². The average molecular weight is 447 g/mol. The molecular formula is C26H26N2O5. The van der Waals surface area contributed by atoms with E-state index in [1.807, 2.05) is 54.3 Å². The largest absolute Gasteiger partial charge is 0.454 e. The molecule has 1 aromatic heterocycles. The summed E-state index contributed by atoms with van der Waals surface area (Å²) in [7, 11) is 0. The Morgan fingerprint density at radius 1 is 0.909 bits per heavy atom. The third kappa shape index (κ3) is 3.48. The highest BCUT2D eigenvalue weighted by molar-refractivity contribution is 5.97. The Balaban J connectivity index is 1.38. The zero-order valence-electron chi connectivity index (χ0n) is 18.6. The van der Waals surface area contributed by atoms with E-state index in [9.17, 15) is 4.79 Å². The van der Waals surface area contributed by atoms with Gasteiger partial charge in [-0.25, -0.2) is 0 Å². The van der Waals surface area contributed by atoms with Gasteiger partial charge in [0.15, 0.2) is 17.3 Å². The van der Waals surface area contributed by atoms with Gasteiger partial charge < -0.3 is 28.4 Å². The van der Waals surface area contributed by atoms with Crippen molar-refractivity contribution in [2.75, 3.05) is 33.1 Å². The molecule has 0 saturated carbocycles. The minimum absolute atomic E-state index is 0.0389. The Bertz CT molecular complexity index is 1190. The second-order valence-electron chi connectivity index (χ2n) is 8.67. The highest BCUT2D eigenvalue weighted by atomic mass is 16.7. The molecule has 0 N–H and O–H groups in total. The highest BCUT2D eigenvalue weighted by Crippen LogP contribution is 2.38. The summed E-state index contributed by atoms with van der Waals surface area (Å²) in [5.41, 5.74) is 4.54. The van der Waals surface area contributed by atoms with Crippen LogP contribution < -0.4 is 9.47 Å². The van der Waals surface area contributed by atoms with Crippen LogP contribution in [0.25, 0.3) is 16.9 Å². The smallest absolute Gasteiger partial charge is 0.255 e. The Labute approximate surface area is 192 Å². The number of rotatable bonds is 3. The molecule has 3 aliphatic heterocycles. The number of fused-ring (bicyclic) bond motifs is 1. The van der Waals surface area contributed by atoms with E-state index >= 15 is 0 Å². The van der Waals surface area contributed by atoms with Gasteiger partial charge in [-0.15, -0.1) is 0 Å². The SMILES string of the molecule is Cc1c(C(=O)N2CCC3(CC2)OCCO3)cc(-c2ccccc2)n1-c1ccc2c(c1)OCO2. The molecule has 0 aliphatic carbocycles. The Kier molecular flexibility index (Phi) is 4.89. The lowest BCUT2D eigenvalue weighted by atomic mass is 10.0. The number of ether oxygens (including phenoxy) is 4. The van der Waals surface area contributed by atoms with Crippen LogP contribution in [0.2, 0.25) is 0 Å². The summed E-state index contributed by atoms with van der Waals surface area (Å²) >= 11 is 0. The first-order valence-electron chi connectivity index (χ1n) is 11.4. The number of carbonyl (C=O) groups is 1. The van der Waals surface area contributed by atoms with Crippen LogP contribution >= 0.6 is 0 Å². The third-order valence-electron chi connectivity index (χ3n) is 6.79. The summed E-state index contributed by atoms with van der Waals surface area (Å²) in [5, 5.41) is 0. The predicted octanol–water partition coefficient (Wildman–Crippen LogP) is 4.16. The average Bonchev–Trinajstić information content (AvgIpc) is 3.58. The maximum atomic E-state index is 13.6. The third-order valence-corrected chi connectivity index (χ3v) is 6.79. The molecule has 7 heteroatoms. The molecule has 3 aromatic rings. The van der Waals surface area contributed by atoms with Gasteiger partial charge in [0.25, 0.3) is 5.91 Å². The van der Waals surface area contributed by atoms with Crippen molar-refractivity contribution in [2.45, 2.75) is 25.6 Å². The van der Waals surface area contributed by atoms with Crippen molar-refractivity contribution in [3.8, 4) is 28.4 Å². The summed E-state index contributed by atoms with van der Waals surface area (Å²) in [5.74, 6) is 0.988. The monoisotopic (exact) mass is 446 g/mol. The molecule has 4 heterocycles. The van der Waals surface area contributed by atoms with Gasteiger partial charge in [-0.3, -0.25) is 4.79 Å². The van der Waals surface area contributed by atoms with E-state index in [1.165, 1.54) is 0 Å². The maximum Gasteiger partial charge on any atom is 0.255 e. The van der Waals surface area contributed by atoms with Crippen LogP contribution in [-0.4, -0.2) is 54.3 Å². The number of hydrogen-bond donors (Lipinski definition) is 0. The van der Waals surface area contributed by atoms with E-state index in [2.05, 4.69) is 16.7 Å². The first-order valence-corrected chi connectivity index (χ1v) is 11.4. The molecule has 33 heavy (non-hydrogen) atoms. The van der Waals surface area contributed by atoms with E-state index in [1.54, 1.807) is 0 Å². The number of aromatic nitrogens is 1. The van der Waals surface area contributed by atoms with Crippen molar-refractivity contribution in [3.05, 3.63) is 65.9 Å². The molecule has 1 spiro atoms. The first-order chi connectivity index (χ1) is 16.1. The lowest BCUT2D eigenvalue weighted by Gasteiger charge is -2.37. The Hall–Kier alpha value is -3.29. The molecule has 0 radical (unpaired) electrons. The molecule has 2 fully saturated rings. The minimum Gasteiger partial charge on any atom is -0.454 e. The first kappa shape index (κ1) is 20.3. The number of hydrogen-bond acceptors (Lipinski definition) is 5. The molecule has 6 rings (SSSR count). The van der Waals surface area contributed by atoms with Crippen molar-refractivity contribution in [1.82, 2.24) is 9.47 Å². The quantitative estimate of drug-likeness (QED) is 0.605. The van der Waals surface area contributed by atoms with Crippen molar-refractivity contribution in [3.63, 3.8) is 0 Å². The second-order valence-corrected chi connectivity index (χ2v) is 8.67. The summed E-state index contributed by atoms with van der Waals surface area (Å²) in [6.45, 7) is 4.72. The van der Waals surface area contributed by atoms with Gasteiger partial charge >= 0.3 is 0 Å². The highest BCUT2D eigenvalue weighted by Gasteiger charge is 2.41. The fraction of sp³-hybridized carbons (Fsp3) is 0.346. The zero-order chi connectivity index (χ0) is 22.4. The number of amides is 1. The molecule has 2 aromatic carbocycles. The van der Waals surface area contributed by atoms with Gasteiger partial charge in [0.1, 0.15) is 0 Å². The molecular weight excluding hydrogens is 420 g/mol. The van der Waals surface area contributed by atoms with Crippen LogP contribution in [0.3, 0.4) is 0 Å². The lowest BCUT2D eigenvalue weighted by Crippen LogP contribution is -2.47. The maximum absolute atomic E-state index is 13.6. The molecule has 2 saturated heterocycles. The molecule has 170 valence electrons. The van der Waals surface area contributed by atoms with Gasteiger partial charge in [0, 0.05) is 43.4 Å². The van der Waals surface area contributed by atoms with Crippen molar-refractivity contribution in [1.29, 1.82) is 0 Å². The molecule has 0 atom stereocenters. The fourth-order valence-electron chi connectivity index (χ4n) is 5.01. The number of nitrogens with zero attached hydrogens (tertiary/aromatic N) is 2. The van der Waals surface area contributed by atoms with Gasteiger partial charge in [0.05, 0.1) is 24.5 Å². The standard InChI is InChI=1S/C26H26N2O5/c1-18-21(25(29)27-11-9-26(10-12-27)32-13-14-33-26)16-22(19-5-3-2-4-6-19)28(18)20-7-8-23-24(15-20)31-17-30-23/h2-8,15-16H,9-14,17H2,1H3. The van der Waals surface area contributed by atoms with Gasteiger partial charge in [-0.05, 0) is 30.7 Å². The van der Waals surface area contributed by atoms with Crippen LogP contribution in [0.1, 0.15) is 28.9 Å². The van der Waals surface area contributed by atoms with Crippen LogP contribution in [-0.2, 0) is 9.47 Å². The van der Waals surface area contributed by atoms with Gasteiger partial charge in [0.2, 0.25) is 6.79 Å². The van der Waals surface area contributed by atoms with E-state index in [0.29, 0.717) is 50.5 Å². The van der Waals surface area contributed by atoms with Crippen LogP contribution in [0.5, 0.6) is 11.5 Å². The van der Waals surface area contributed by atoms with Gasteiger partial charge in [-0.1, -0.05) is 30.3 Å². The molecule has 0 bridgehead atoms. The van der Waals surface area contributed by atoms with Crippen molar-refractivity contribution < 1.29 is 23.7 Å². The normalized spacial score (nSPS) is 18.8. The van der Waals surface area contributed by atoms with Crippen LogP contribution in [0.4, 0.5) is 0 Å². The number of carbonyl (C=O) groups excluding carboxylic acids is 1. The van der Waals surface area contributed by atoms with Crippen LogP contribution in [0.15, 0.2) is 54.6 Å². The Morgan fingerprint density at radius 3 is 2.39 bits per heavy atom. The topological polar surface area (TPSA) is 62.2 Å². The number of benzene rings is 2. The summed E-state index contributed by atoms with van der Waals surface area (Å²) in [6, 6.07) is 18.0.